The summed E-state index contributed by atoms with van der Waals surface area (Å²) in [6, 6.07) is 0. The van der Waals surface area contributed by atoms with E-state index in [2.05, 4.69) is 35.6 Å². The van der Waals surface area contributed by atoms with E-state index in [0.717, 1.165) is 24.6 Å². The number of aliphatic hydroxyl groups is 1. The van der Waals surface area contributed by atoms with Crippen molar-refractivity contribution in [3.05, 3.63) is 18.0 Å². The van der Waals surface area contributed by atoms with Crippen LogP contribution in [-0.2, 0) is 6.61 Å². The Labute approximate surface area is 103 Å². The number of hydrogen-bond acceptors (Lipinski definition) is 4. The van der Waals surface area contributed by atoms with E-state index in [9.17, 15) is 0 Å². The van der Waals surface area contributed by atoms with Crippen molar-refractivity contribution in [2.45, 2.75) is 33.8 Å². The molecule has 0 aromatic carbocycles. The minimum Gasteiger partial charge on any atom is -0.392 e. The number of nitrogens with zero attached hydrogens (tertiary/aromatic N) is 3. The molecule has 17 heavy (non-hydrogen) atoms. The molecule has 1 aliphatic rings. The Bertz CT molecular complexity index is 369. The van der Waals surface area contributed by atoms with Crippen LogP contribution in [0, 0.1) is 11.3 Å². The molecule has 1 aromatic heterocycles. The molecule has 4 nitrogen and oxygen atoms in total. The molecule has 1 saturated heterocycles. The molecule has 1 atom stereocenters. The van der Waals surface area contributed by atoms with Crippen molar-refractivity contribution in [2.75, 3.05) is 18.0 Å². The Kier molecular flexibility index (Phi) is 3.33. The smallest absolute Gasteiger partial charge is 0.225 e. The average Bonchev–Trinajstić information content (AvgIpc) is 2.78. The van der Waals surface area contributed by atoms with Crippen LogP contribution >= 0.6 is 0 Å². The summed E-state index contributed by atoms with van der Waals surface area (Å²) in [4.78, 5) is 10.8. The standard InChI is InChI=1S/C13H21N3O/c1-13(2,3)11-4-5-16(8-11)12-14-6-10(9-17)7-15-12/h6-7,11,17H,4-5,8-9H2,1-3H3. The highest BCUT2D eigenvalue weighted by molar-refractivity contribution is 5.31. The van der Waals surface area contributed by atoms with Crippen molar-refractivity contribution < 1.29 is 5.11 Å². The Morgan fingerprint density at radius 1 is 1.35 bits per heavy atom. The summed E-state index contributed by atoms with van der Waals surface area (Å²) in [5, 5.41) is 8.95. The first kappa shape index (κ1) is 12.3. The van der Waals surface area contributed by atoms with Crippen molar-refractivity contribution in [1.29, 1.82) is 0 Å². The predicted molar refractivity (Wildman–Crippen MR) is 67.7 cm³/mol. The molecule has 1 fully saturated rings. The lowest BCUT2D eigenvalue weighted by Gasteiger charge is -2.26. The number of aliphatic hydroxyl groups excluding tert-OH is 1. The highest BCUT2D eigenvalue weighted by Crippen LogP contribution is 2.34. The van der Waals surface area contributed by atoms with E-state index >= 15 is 0 Å². The third kappa shape index (κ3) is 2.75. The maximum atomic E-state index is 8.95. The lowest BCUT2D eigenvalue weighted by Crippen LogP contribution is -2.26. The van der Waals surface area contributed by atoms with Gasteiger partial charge in [-0.15, -0.1) is 0 Å². The fourth-order valence-electron chi connectivity index (χ4n) is 2.24. The van der Waals surface area contributed by atoms with Gasteiger partial charge in [-0.25, -0.2) is 9.97 Å². The molecule has 0 aliphatic carbocycles. The number of anilines is 1. The summed E-state index contributed by atoms with van der Waals surface area (Å²) >= 11 is 0. The molecule has 0 saturated carbocycles. The lowest BCUT2D eigenvalue weighted by molar-refractivity contribution is 0.263. The Morgan fingerprint density at radius 2 is 2.00 bits per heavy atom. The van der Waals surface area contributed by atoms with Crippen molar-refractivity contribution >= 4 is 5.95 Å². The van der Waals surface area contributed by atoms with Crippen LogP contribution in [0.2, 0.25) is 0 Å². The highest BCUT2D eigenvalue weighted by atomic mass is 16.3. The van der Waals surface area contributed by atoms with E-state index < -0.39 is 0 Å². The van der Waals surface area contributed by atoms with Gasteiger partial charge in [-0.05, 0) is 17.8 Å². The van der Waals surface area contributed by atoms with Crippen molar-refractivity contribution in [3.63, 3.8) is 0 Å². The van der Waals surface area contributed by atoms with Crippen molar-refractivity contribution in [2.24, 2.45) is 11.3 Å². The van der Waals surface area contributed by atoms with Gasteiger partial charge < -0.3 is 10.0 Å². The van der Waals surface area contributed by atoms with Crippen molar-refractivity contribution in [1.82, 2.24) is 9.97 Å². The molecule has 2 heterocycles. The number of rotatable bonds is 2. The van der Waals surface area contributed by atoms with Gasteiger partial charge >= 0.3 is 0 Å². The van der Waals surface area contributed by atoms with E-state index in [1.165, 1.54) is 6.42 Å². The van der Waals surface area contributed by atoms with Crippen LogP contribution in [0.4, 0.5) is 5.95 Å². The van der Waals surface area contributed by atoms with Crippen molar-refractivity contribution in [3.8, 4) is 0 Å². The van der Waals surface area contributed by atoms with Crippen LogP contribution in [0.3, 0.4) is 0 Å². The van der Waals surface area contributed by atoms with Crippen LogP contribution in [0.5, 0.6) is 0 Å². The minimum atomic E-state index is 0.00486. The molecular formula is C13H21N3O. The SMILES string of the molecule is CC(C)(C)C1CCN(c2ncc(CO)cn2)C1. The molecule has 4 heteroatoms. The first-order chi connectivity index (χ1) is 8.00. The summed E-state index contributed by atoms with van der Waals surface area (Å²) in [6.45, 7) is 8.93. The Hall–Kier alpha value is -1.16. The fourth-order valence-corrected chi connectivity index (χ4v) is 2.24. The minimum absolute atomic E-state index is 0.00486. The molecule has 0 bridgehead atoms. The summed E-state index contributed by atoms with van der Waals surface area (Å²) in [6.07, 6.45) is 4.61. The van der Waals surface area contributed by atoms with Crippen LogP contribution in [0.15, 0.2) is 12.4 Å². The van der Waals surface area contributed by atoms with Gasteiger partial charge in [-0.3, -0.25) is 0 Å². The summed E-state index contributed by atoms with van der Waals surface area (Å²) in [5.74, 6) is 1.48. The topological polar surface area (TPSA) is 49.2 Å². The molecule has 1 aromatic rings. The fraction of sp³-hybridized carbons (Fsp3) is 0.692. The van der Waals surface area contributed by atoms with Gasteiger partial charge in [-0.2, -0.15) is 0 Å². The Balaban J connectivity index is 2.05. The predicted octanol–water partition coefficient (Wildman–Crippen LogP) is 1.84. The van der Waals surface area contributed by atoms with Crippen LogP contribution in [0.25, 0.3) is 0 Å². The second-order valence-corrected chi connectivity index (χ2v) is 5.85. The second kappa shape index (κ2) is 4.61. The lowest BCUT2D eigenvalue weighted by atomic mass is 9.80. The number of aromatic nitrogens is 2. The quantitative estimate of drug-likeness (QED) is 0.849. The average molecular weight is 235 g/mol. The maximum absolute atomic E-state index is 8.95. The van der Waals surface area contributed by atoms with E-state index in [1.54, 1.807) is 12.4 Å². The zero-order valence-electron chi connectivity index (χ0n) is 10.8. The first-order valence-corrected chi connectivity index (χ1v) is 6.17. The van der Waals surface area contributed by atoms with Gasteiger partial charge in [0.25, 0.3) is 0 Å². The van der Waals surface area contributed by atoms with Gasteiger partial charge in [0.05, 0.1) is 6.61 Å². The molecule has 1 N–H and O–H groups in total. The molecule has 94 valence electrons. The summed E-state index contributed by atoms with van der Waals surface area (Å²) in [7, 11) is 0. The Morgan fingerprint density at radius 3 is 2.47 bits per heavy atom. The molecule has 2 rings (SSSR count). The second-order valence-electron chi connectivity index (χ2n) is 5.85. The summed E-state index contributed by atoms with van der Waals surface area (Å²) < 4.78 is 0. The van der Waals surface area contributed by atoms with Gasteiger partial charge in [0.15, 0.2) is 0 Å². The van der Waals surface area contributed by atoms with Gasteiger partial charge in [-0.1, -0.05) is 20.8 Å². The van der Waals surface area contributed by atoms with E-state index in [1.807, 2.05) is 0 Å². The van der Waals surface area contributed by atoms with Crippen LogP contribution in [0.1, 0.15) is 32.8 Å². The van der Waals surface area contributed by atoms with Gasteiger partial charge in [0.2, 0.25) is 5.95 Å². The van der Waals surface area contributed by atoms with Crippen LogP contribution in [-0.4, -0.2) is 28.2 Å². The molecule has 0 amide bonds. The largest absolute Gasteiger partial charge is 0.392 e. The number of hydrogen-bond donors (Lipinski definition) is 1. The zero-order valence-corrected chi connectivity index (χ0v) is 10.8. The van der Waals surface area contributed by atoms with Gasteiger partial charge in [0, 0.05) is 31.0 Å². The monoisotopic (exact) mass is 235 g/mol. The third-order valence-corrected chi connectivity index (χ3v) is 3.57. The normalized spacial score (nSPS) is 20.9. The first-order valence-electron chi connectivity index (χ1n) is 6.17. The highest BCUT2D eigenvalue weighted by Gasteiger charge is 2.32. The molecule has 1 unspecified atom stereocenters. The molecule has 0 spiro atoms. The van der Waals surface area contributed by atoms with E-state index in [0.29, 0.717) is 11.3 Å². The maximum Gasteiger partial charge on any atom is 0.225 e. The van der Waals surface area contributed by atoms with E-state index in [-0.39, 0.29) is 6.61 Å². The zero-order chi connectivity index (χ0) is 12.5. The summed E-state index contributed by atoms with van der Waals surface area (Å²) in [5.41, 5.74) is 1.11. The van der Waals surface area contributed by atoms with Crippen LogP contribution < -0.4 is 4.90 Å². The third-order valence-electron chi connectivity index (χ3n) is 3.57. The van der Waals surface area contributed by atoms with Gasteiger partial charge in [0.1, 0.15) is 0 Å². The molecular weight excluding hydrogens is 214 g/mol. The van der Waals surface area contributed by atoms with E-state index in [4.69, 9.17) is 5.11 Å². The molecule has 1 aliphatic heterocycles. The molecule has 0 radical (unpaired) electrons.